The Bertz CT molecular complexity index is 1370. The maximum Gasteiger partial charge on any atom is 0.306 e. The molecule has 0 rings (SSSR count). The number of hydrogen-bond acceptors (Lipinski definition) is 6. The van der Waals surface area contributed by atoms with Gasteiger partial charge in [0.25, 0.3) is 0 Å². The molecule has 6 heteroatoms. The number of allylic oxidation sites excluding steroid dienone is 18. The number of unbranched alkanes of at least 4 members (excludes halogenated alkanes) is 18. The van der Waals surface area contributed by atoms with Crippen LogP contribution < -0.4 is 0 Å². The molecule has 0 fully saturated rings. The predicted molar refractivity (Wildman–Crippen MR) is 283 cm³/mol. The minimum absolute atomic E-state index is 0.114. The lowest BCUT2D eigenvalue weighted by Gasteiger charge is -2.18. The number of carbonyl (C=O) groups excluding carboxylic acids is 3. The molecular formula is C60H98O6. The maximum absolute atomic E-state index is 12.8. The van der Waals surface area contributed by atoms with Gasteiger partial charge in [0.15, 0.2) is 6.10 Å². The van der Waals surface area contributed by atoms with Gasteiger partial charge in [0.2, 0.25) is 0 Å². The van der Waals surface area contributed by atoms with E-state index < -0.39 is 6.10 Å². The fraction of sp³-hybridized carbons (Fsp3) is 0.650. The third kappa shape index (κ3) is 51.1. The smallest absolute Gasteiger partial charge is 0.306 e. The summed E-state index contributed by atoms with van der Waals surface area (Å²) < 4.78 is 16.7. The summed E-state index contributed by atoms with van der Waals surface area (Å²) in [5.74, 6) is -1.03. The minimum Gasteiger partial charge on any atom is -0.462 e. The molecule has 374 valence electrons. The average Bonchev–Trinajstić information content (AvgIpc) is 3.31. The van der Waals surface area contributed by atoms with Gasteiger partial charge in [-0.05, 0) is 109 Å². The minimum atomic E-state index is -0.820. The van der Waals surface area contributed by atoms with Gasteiger partial charge in [0, 0.05) is 19.3 Å². The van der Waals surface area contributed by atoms with Crippen molar-refractivity contribution >= 4 is 17.9 Å². The monoisotopic (exact) mass is 915 g/mol. The van der Waals surface area contributed by atoms with E-state index in [1.54, 1.807) is 0 Å². The third-order valence-corrected chi connectivity index (χ3v) is 11.0. The van der Waals surface area contributed by atoms with Crippen molar-refractivity contribution in [3.8, 4) is 0 Å². The van der Waals surface area contributed by atoms with Crippen molar-refractivity contribution in [2.75, 3.05) is 13.2 Å². The van der Waals surface area contributed by atoms with Gasteiger partial charge in [0.1, 0.15) is 13.2 Å². The van der Waals surface area contributed by atoms with E-state index in [9.17, 15) is 14.4 Å². The summed E-state index contributed by atoms with van der Waals surface area (Å²) >= 11 is 0. The number of hydrogen-bond donors (Lipinski definition) is 0. The standard InChI is InChI=1S/C60H98O6/c1-4-7-10-13-16-19-22-25-27-29-30-31-33-35-38-41-44-47-50-53-59(62)65-56-57(55-64-58(61)52-49-46-43-40-37-34-24-21-18-15-12-9-6-3)66-60(63)54-51-48-45-42-39-36-32-28-26-23-20-17-14-11-8-5-2/h7,10,12,15-16,19,21,24-25,27-28,30-32,35,38,44,47,57H,4-6,8-9,11,13-14,17-18,20,22-23,26,29,33-34,36-37,39-43,45-46,48-56H2,1-3H3/b10-7-,15-12-,19-16-,24-21-,27-25-,31-30-,32-28-,38-35-,47-44-. The van der Waals surface area contributed by atoms with Crippen LogP contribution in [0.15, 0.2) is 109 Å². The van der Waals surface area contributed by atoms with Crippen molar-refractivity contribution in [2.24, 2.45) is 0 Å². The van der Waals surface area contributed by atoms with Crippen LogP contribution in [0.5, 0.6) is 0 Å². The summed E-state index contributed by atoms with van der Waals surface area (Å²) in [5, 5.41) is 0. The number of rotatable bonds is 47. The van der Waals surface area contributed by atoms with Crippen molar-refractivity contribution in [3.63, 3.8) is 0 Å². The van der Waals surface area contributed by atoms with Crippen LogP contribution in [0, 0.1) is 0 Å². The molecule has 0 spiro atoms. The van der Waals surface area contributed by atoms with E-state index in [1.165, 1.54) is 64.2 Å². The first-order valence-electron chi connectivity index (χ1n) is 26.9. The fourth-order valence-electron chi connectivity index (χ4n) is 6.97. The van der Waals surface area contributed by atoms with Crippen LogP contribution in [0.3, 0.4) is 0 Å². The Morgan fingerprint density at radius 2 is 0.652 bits per heavy atom. The van der Waals surface area contributed by atoms with E-state index in [1.807, 2.05) is 12.2 Å². The van der Waals surface area contributed by atoms with Crippen molar-refractivity contribution in [1.29, 1.82) is 0 Å². The van der Waals surface area contributed by atoms with Crippen molar-refractivity contribution in [1.82, 2.24) is 0 Å². The summed E-state index contributed by atoms with van der Waals surface area (Å²) in [7, 11) is 0. The van der Waals surface area contributed by atoms with Gasteiger partial charge in [-0.15, -0.1) is 0 Å². The number of carbonyl (C=O) groups is 3. The Morgan fingerprint density at radius 1 is 0.318 bits per heavy atom. The third-order valence-electron chi connectivity index (χ3n) is 11.0. The number of esters is 3. The molecule has 0 saturated heterocycles. The Morgan fingerprint density at radius 3 is 1.09 bits per heavy atom. The second-order valence-electron chi connectivity index (χ2n) is 17.4. The highest BCUT2D eigenvalue weighted by Crippen LogP contribution is 2.13. The highest BCUT2D eigenvalue weighted by Gasteiger charge is 2.19. The molecule has 0 amide bonds. The highest BCUT2D eigenvalue weighted by atomic mass is 16.6. The number of ether oxygens (including phenoxy) is 3. The SMILES string of the molecule is CC/C=C\C/C=C\C/C=C\C/C=C\C/C=C\C/C=C\CCC(=O)OCC(COC(=O)CCCCCCC/C=C\C/C=C\CCC)OC(=O)CCCCCCC/C=C\CCCCCCCCC. The van der Waals surface area contributed by atoms with Crippen LogP contribution in [0.1, 0.15) is 233 Å². The van der Waals surface area contributed by atoms with E-state index in [-0.39, 0.29) is 37.5 Å². The van der Waals surface area contributed by atoms with E-state index in [0.29, 0.717) is 19.3 Å². The summed E-state index contributed by atoms with van der Waals surface area (Å²) in [6, 6.07) is 0. The molecule has 0 saturated carbocycles. The van der Waals surface area contributed by atoms with Crippen molar-refractivity contribution < 1.29 is 28.6 Å². The average molecular weight is 915 g/mol. The molecule has 6 nitrogen and oxygen atoms in total. The Balaban J connectivity index is 4.54. The van der Waals surface area contributed by atoms with Gasteiger partial charge in [-0.1, -0.05) is 214 Å². The summed E-state index contributed by atoms with van der Waals surface area (Å²) in [5.41, 5.74) is 0. The highest BCUT2D eigenvalue weighted by molar-refractivity contribution is 5.71. The van der Waals surface area contributed by atoms with Gasteiger partial charge in [-0.3, -0.25) is 14.4 Å². The van der Waals surface area contributed by atoms with E-state index in [4.69, 9.17) is 14.2 Å². The largest absolute Gasteiger partial charge is 0.462 e. The molecule has 0 aliphatic heterocycles. The summed E-state index contributed by atoms with van der Waals surface area (Å²) in [6.45, 7) is 6.36. The molecule has 66 heavy (non-hydrogen) atoms. The van der Waals surface area contributed by atoms with Gasteiger partial charge < -0.3 is 14.2 Å². The summed E-state index contributed by atoms with van der Waals surface area (Å²) in [6.07, 6.45) is 72.3. The fourth-order valence-corrected chi connectivity index (χ4v) is 6.97. The molecule has 1 atom stereocenters. The van der Waals surface area contributed by atoms with Gasteiger partial charge in [-0.25, -0.2) is 0 Å². The first kappa shape index (κ1) is 62.1. The molecule has 0 aliphatic carbocycles. The van der Waals surface area contributed by atoms with Crippen LogP contribution in [0.2, 0.25) is 0 Å². The molecule has 0 N–H and O–H groups in total. The van der Waals surface area contributed by atoms with Crippen LogP contribution >= 0.6 is 0 Å². The van der Waals surface area contributed by atoms with Crippen LogP contribution in [-0.4, -0.2) is 37.2 Å². The molecule has 0 aromatic rings. The lowest BCUT2D eigenvalue weighted by Crippen LogP contribution is -2.30. The lowest BCUT2D eigenvalue weighted by molar-refractivity contribution is -0.166. The second-order valence-corrected chi connectivity index (χ2v) is 17.4. The van der Waals surface area contributed by atoms with Crippen molar-refractivity contribution in [2.45, 2.75) is 239 Å². The van der Waals surface area contributed by atoms with E-state index in [2.05, 4.69) is 118 Å². The first-order chi connectivity index (χ1) is 32.5. The second kappa shape index (κ2) is 53.7. The van der Waals surface area contributed by atoms with Gasteiger partial charge >= 0.3 is 17.9 Å². The topological polar surface area (TPSA) is 78.9 Å². The Labute approximate surface area is 406 Å². The first-order valence-corrected chi connectivity index (χ1v) is 26.9. The maximum atomic E-state index is 12.8. The van der Waals surface area contributed by atoms with Gasteiger partial charge in [-0.2, -0.15) is 0 Å². The van der Waals surface area contributed by atoms with Crippen molar-refractivity contribution in [3.05, 3.63) is 109 Å². The van der Waals surface area contributed by atoms with Gasteiger partial charge in [0.05, 0.1) is 0 Å². The normalized spacial score (nSPS) is 13.0. The molecule has 1 unspecified atom stereocenters. The molecule has 0 aromatic heterocycles. The zero-order valence-electron chi connectivity index (χ0n) is 42.7. The molecule has 0 radical (unpaired) electrons. The zero-order chi connectivity index (χ0) is 47.9. The molecule has 0 aromatic carbocycles. The van der Waals surface area contributed by atoms with Crippen LogP contribution in [0.4, 0.5) is 0 Å². The van der Waals surface area contributed by atoms with Crippen LogP contribution in [0.25, 0.3) is 0 Å². The molecule has 0 aliphatic rings. The molecular weight excluding hydrogens is 817 g/mol. The van der Waals surface area contributed by atoms with E-state index in [0.717, 1.165) is 122 Å². The van der Waals surface area contributed by atoms with Crippen LogP contribution in [-0.2, 0) is 28.6 Å². The lowest BCUT2D eigenvalue weighted by atomic mass is 10.1. The molecule has 0 bridgehead atoms. The zero-order valence-corrected chi connectivity index (χ0v) is 42.7. The molecule has 0 heterocycles. The quantitative estimate of drug-likeness (QED) is 0.0262. The summed E-state index contributed by atoms with van der Waals surface area (Å²) in [4.78, 5) is 38.0. The predicted octanol–water partition coefficient (Wildman–Crippen LogP) is 17.9. The van der Waals surface area contributed by atoms with E-state index >= 15 is 0 Å². The Hall–Kier alpha value is -3.93. The Kier molecular flexibility index (Phi) is 50.5.